The van der Waals surface area contributed by atoms with Crippen molar-refractivity contribution in [3.63, 3.8) is 0 Å². The maximum Gasteiger partial charge on any atom is 0.251 e. The van der Waals surface area contributed by atoms with Crippen molar-refractivity contribution in [2.75, 3.05) is 0 Å². The van der Waals surface area contributed by atoms with Crippen molar-refractivity contribution in [3.8, 4) is 0 Å². The first-order chi connectivity index (χ1) is 9.00. The molecule has 0 aliphatic rings. The molecule has 0 atom stereocenters. The second-order valence-electron chi connectivity index (χ2n) is 7.21. The second-order valence-corrected chi connectivity index (χ2v) is 7.21. The fourth-order valence-corrected chi connectivity index (χ4v) is 2.61. The van der Waals surface area contributed by atoms with Gasteiger partial charge in [-0.1, -0.05) is 32.9 Å². The van der Waals surface area contributed by atoms with Gasteiger partial charge >= 0.3 is 0 Å². The highest BCUT2D eigenvalue weighted by molar-refractivity contribution is 5.97. The first kappa shape index (κ1) is 16.4. The molecule has 1 rings (SSSR count). The van der Waals surface area contributed by atoms with Gasteiger partial charge in [-0.05, 0) is 44.7 Å². The Morgan fingerprint density at radius 1 is 0.950 bits per heavy atom. The van der Waals surface area contributed by atoms with Crippen LogP contribution in [0.15, 0.2) is 24.3 Å². The van der Waals surface area contributed by atoms with E-state index >= 15 is 0 Å². The van der Waals surface area contributed by atoms with E-state index in [1.165, 1.54) is 6.92 Å². The van der Waals surface area contributed by atoms with Crippen molar-refractivity contribution in [2.24, 2.45) is 5.41 Å². The van der Waals surface area contributed by atoms with Crippen molar-refractivity contribution in [2.45, 2.75) is 53.5 Å². The molecule has 3 nitrogen and oxygen atoms in total. The zero-order valence-electron chi connectivity index (χ0n) is 13.3. The quantitative estimate of drug-likeness (QED) is 0.849. The van der Waals surface area contributed by atoms with Crippen LogP contribution in [0.4, 0.5) is 0 Å². The Balaban J connectivity index is 2.78. The Morgan fingerprint density at radius 3 is 1.80 bits per heavy atom. The summed E-state index contributed by atoms with van der Waals surface area (Å²) < 4.78 is 0. The second kappa shape index (κ2) is 5.78. The minimum atomic E-state index is -0.269. The molecule has 0 aromatic heterocycles. The van der Waals surface area contributed by atoms with Crippen LogP contribution in [0, 0.1) is 5.41 Å². The van der Waals surface area contributed by atoms with Gasteiger partial charge in [0.25, 0.3) is 5.91 Å². The van der Waals surface area contributed by atoms with Gasteiger partial charge in [-0.25, -0.2) is 0 Å². The fourth-order valence-electron chi connectivity index (χ4n) is 2.61. The molecule has 0 heterocycles. The number of nitrogens with one attached hydrogen (secondary N) is 1. The number of rotatable bonds is 4. The molecule has 0 aliphatic carbocycles. The highest BCUT2D eigenvalue weighted by Gasteiger charge is 2.27. The van der Waals surface area contributed by atoms with Crippen LogP contribution >= 0.6 is 0 Å². The molecule has 1 amide bonds. The molecule has 1 N–H and O–H groups in total. The molecule has 0 aliphatic heterocycles. The number of Topliss-reactive ketones (excluding diaryl/α,β-unsaturated/α-hetero) is 1. The third-order valence-electron chi connectivity index (χ3n) is 2.98. The smallest absolute Gasteiger partial charge is 0.251 e. The van der Waals surface area contributed by atoms with Crippen LogP contribution in [-0.2, 0) is 0 Å². The highest BCUT2D eigenvalue weighted by atomic mass is 16.1. The third-order valence-corrected chi connectivity index (χ3v) is 2.98. The predicted octanol–water partition coefficient (Wildman–Crippen LogP) is 3.83. The Morgan fingerprint density at radius 2 is 1.40 bits per heavy atom. The Kier molecular flexibility index (Phi) is 4.74. The zero-order chi connectivity index (χ0) is 15.6. The molecular formula is C17H25NO2. The number of hydrogen-bond donors (Lipinski definition) is 1. The standard InChI is InChI=1S/C17H25NO2/c1-12(19)13-7-9-14(10-8-13)15(20)18-17(5,6)11-16(2,3)4/h7-10H,11H2,1-6H3,(H,18,20). The first-order valence-electron chi connectivity index (χ1n) is 6.94. The maximum absolute atomic E-state index is 12.2. The average Bonchev–Trinajstić information content (AvgIpc) is 2.24. The van der Waals surface area contributed by atoms with Gasteiger partial charge in [-0.15, -0.1) is 0 Å². The molecule has 3 heteroatoms. The van der Waals surface area contributed by atoms with E-state index in [2.05, 4.69) is 26.1 Å². The van der Waals surface area contributed by atoms with Crippen molar-refractivity contribution < 1.29 is 9.59 Å². The summed E-state index contributed by atoms with van der Waals surface area (Å²) in [5.74, 6) is -0.0978. The summed E-state index contributed by atoms with van der Waals surface area (Å²) in [4.78, 5) is 23.4. The largest absolute Gasteiger partial charge is 0.347 e. The molecule has 0 fully saturated rings. The molecule has 1 aromatic rings. The summed E-state index contributed by atoms with van der Waals surface area (Å²) in [6.07, 6.45) is 0.886. The monoisotopic (exact) mass is 275 g/mol. The normalized spacial score (nSPS) is 12.1. The third kappa shape index (κ3) is 5.16. The molecular weight excluding hydrogens is 250 g/mol. The van der Waals surface area contributed by atoms with Crippen molar-refractivity contribution in [1.29, 1.82) is 0 Å². The van der Waals surface area contributed by atoms with E-state index in [0.29, 0.717) is 11.1 Å². The van der Waals surface area contributed by atoms with E-state index < -0.39 is 0 Å². The number of amides is 1. The lowest BCUT2D eigenvalue weighted by atomic mass is 9.81. The molecule has 0 saturated carbocycles. The Bertz CT molecular complexity index is 493. The summed E-state index contributed by atoms with van der Waals surface area (Å²) in [6.45, 7) is 12.0. The summed E-state index contributed by atoms with van der Waals surface area (Å²) in [6, 6.07) is 6.76. The van der Waals surface area contributed by atoms with Gasteiger partial charge in [0.2, 0.25) is 0 Å². The molecule has 0 unspecified atom stereocenters. The van der Waals surface area contributed by atoms with Crippen LogP contribution in [-0.4, -0.2) is 17.2 Å². The van der Waals surface area contributed by atoms with E-state index in [1.807, 2.05) is 13.8 Å². The molecule has 0 radical (unpaired) electrons. The molecule has 110 valence electrons. The van der Waals surface area contributed by atoms with Gasteiger partial charge in [0.1, 0.15) is 0 Å². The number of benzene rings is 1. The Hall–Kier alpha value is -1.64. The van der Waals surface area contributed by atoms with Crippen molar-refractivity contribution >= 4 is 11.7 Å². The van der Waals surface area contributed by atoms with Gasteiger partial charge in [-0.2, -0.15) is 0 Å². The lowest BCUT2D eigenvalue weighted by Crippen LogP contribution is -2.45. The van der Waals surface area contributed by atoms with Crippen LogP contribution < -0.4 is 5.32 Å². The zero-order valence-corrected chi connectivity index (χ0v) is 13.3. The lowest BCUT2D eigenvalue weighted by Gasteiger charge is -2.33. The van der Waals surface area contributed by atoms with Gasteiger partial charge in [0, 0.05) is 16.7 Å². The predicted molar refractivity (Wildman–Crippen MR) is 82.1 cm³/mol. The molecule has 1 aromatic carbocycles. The van der Waals surface area contributed by atoms with Crippen LogP contribution in [0.2, 0.25) is 0 Å². The van der Waals surface area contributed by atoms with Crippen LogP contribution in [0.5, 0.6) is 0 Å². The van der Waals surface area contributed by atoms with Crippen molar-refractivity contribution in [3.05, 3.63) is 35.4 Å². The SMILES string of the molecule is CC(=O)c1ccc(C(=O)NC(C)(C)CC(C)(C)C)cc1. The van der Waals surface area contributed by atoms with Crippen LogP contribution in [0.25, 0.3) is 0 Å². The highest BCUT2D eigenvalue weighted by Crippen LogP contribution is 2.27. The first-order valence-corrected chi connectivity index (χ1v) is 6.94. The van der Waals surface area contributed by atoms with E-state index in [4.69, 9.17) is 0 Å². The molecule has 0 bridgehead atoms. The van der Waals surface area contributed by atoms with E-state index in [-0.39, 0.29) is 22.6 Å². The van der Waals surface area contributed by atoms with E-state index in [9.17, 15) is 9.59 Å². The minimum absolute atomic E-state index is 0.00465. The van der Waals surface area contributed by atoms with Gasteiger partial charge < -0.3 is 5.32 Å². The number of hydrogen-bond acceptors (Lipinski definition) is 2. The average molecular weight is 275 g/mol. The maximum atomic E-state index is 12.2. The van der Waals surface area contributed by atoms with E-state index in [0.717, 1.165) is 6.42 Å². The van der Waals surface area contributed by atoms with E-state index in [1.54, 1.807) is 24.3 Å². The lowest BCUT2D eigenvalue weighted by molar-refractivity contribution is 0.0890. The number of ketones is 1. The topological polar surface area (TPSA) is 46.2 Å². The molecule has 0 saturated heterocycles. The summed E-state index contributed by atoms with van der Waals surface area (Å²) in [5, 5.41) is 3.05. The summed E-state index contributed by atoms with van der Waals surface area (Å²) in [5.41, 5.74) is 1.08. The van der Waals surface area contributed by atoms with Crippen LogP contribution in [0.1, 0.15) is 68.7 Å². The van der Waals surface area contributed by atoms with Crippen molar-refractivity contribution in [1.82, 2.24) is 5.32 Å². The Labute approximate surface area is 121 Å². The van der Waals surface area contributed by atoms with Gasteiger partial charge in [0.15, 0.2) is 5.78 Å². The summed E-state index contributed by atoms with van der Waals surface area (Å²) in [7, 11) is 0. The summed E-state index contributed by atoms with van der Waals surface area (Å²) >= 11 is 0. The molecule has 0 spiro atoms. The number of carbonyl (C=O) groups excluding carboxylic acids is 2. The van der Waals surface area contributed by atoms with Crippen LogP contribution in [0.3, 0.4) is 0 Å². The fraction of sp³-hybridized carbons (Fsp3) is 0.529. The molecule has 20 heavy (non-hydrogen) atoms. The number of carbonyl (C=O) groups is 2. The minimum Gasteiger partial charge on any atom is -0.347 e. The van der Waals surface area contributed by atoms with Gasteiger partial charge in [-0.3, -0.25) is 9.59 Å². The van der Waals surface area contributed by atoms with Gasteiger partial charge in [0.05, 0.1) is 0 Å².